The summed E-state index contributed by atoms with van der Waals surface area (Å²) in [4.78, 5) is 25.7. The number of hydrogen-bond donors (Lipinski definition) is 4. The largest absolute Gasteiger partial charge is 0.480 e. The van der Waals surface area contributed by atoms with E-state index in [0.717, 1.165) is 0 Å². The summed E-state index contributed by atoms with van der Waals surface area (Å²) in [6.07, 6.45) is 0.363. The monoisotopic (exact) mass is 258 g/mol. The third-order valence-corrected chi connectivity index (χ3v) is 1.99. The second-order valence-electron chi connectivity index (χ2n) is 3.45. The predicted octanol–water partition coefficient (Wildman–Crippen LogP) is -1.33. The summed E-state index contributed by atoms with van der Waals surface area (Å²) in [5, 5.41) is 25.4. The molecule has 1 aromatic rings. The summed E-state index contributed by atoms with van der Waals surface area (Å²) in [6, 6.07) is -2.01. The Morgan fingerprint density at radius 2 is 2.22 bits per heavy atom. The average Bonchev–Trinajstić information content (AvgIpc) is 2.71. The lowest BCUT2D eigenvalue weighted by atomic mass is 10.3. The molecule has 0 aromatic carbocycles. The molecule has 9 nitrogen and oxygen atoms in total. The molecule has 0 bridgehead atoms. The van der Waals surface area contributed by atoms with Crippen molar-refractivity contribution in [1.82, 2.24) is 20.8 Å². The Morgan fingerprint density at radius 3 is 2.72 bits per heavy atom. The van der Waals surface area contributed by atoms with Gasteiger partial charge in [-0.05, 0) is 0 Å². The van der Waals surface area contributed by atoms with E-state index in [-0.39, 0.29) is 6.54 Å². The van der Waals surface area contributed by atoms with E-state index in [9.17, 15) is 9.59 Å². The minimum Gasteiger partial charge on any atom is -0.480 e. The number of aliphatic hydroxyl groups excluding tert-OH is 1. The Bertz CT molecular complexity index is 419. The van der Waals surface area contributed by atoms with Crippen molar-refractivity contribution in [1.29, 1.82) is 0 Å². The summed E-state index contributed by atoms with van der Waals surface area (Å²) in [6.45, 7) is 1.20. The van der Waals surface area contributed by atoms with Gasteiger partial charge in [0.2, 0.25) is 5.89 Å². The van der Waals surface area contributed by atoms with Crippen LogP contribution in [0.5, 0.6) is 0 Å². The van der Waals surface area contributed by atoms with Crippen LogP contribution < -0.4 is 10.6 Å². The molecule has 0 saturated carbocycles. The molecule has 9 heteroatoms. The summed E-state index contributed by atoms with van der Waals surface area (Å²) < 4.78 is 4.74. The number of carboxylic acids is 1. The van der Waals surface area contributed by atoms with E-state index in [1.54, 1.807) is 6.92 Å². The highest BCUT2D eigenvalue weighted by molar-refractivity contribution is 5.82. The van der Waals surface area contributed by atoms with Crippen LogP contribution >= 0.6 is 0 Å². The number of carbonyl (C=O) groups is 2. The van der Waals surface area contributed by atoms with Crippen LogP contribution in [0.4, 0.5) is 4.79 Å². The number of aryl methyl sites for hydroxylation is 1. The number of carboxylic acid groups (broad SMARTS) is 1. The molecule has 1 heterocycles. The van der Waals surface area contributed by atoms with Crippen molar-refractivity contribution in [3.8, 4) is 0 Å². The summed E-state index contributed by atoms with van der Waals surface area (Å²) in [5.41, 5.74) is 0. The van der Waals surface area contributed by atoms with Crippen molar-refractivity contribution in [2.24, 2.45) is 0 Å². The summed E-state index contributed by atoms with van der Waals surface area (Å²) in [5.74, 6) is -0.424. The van der Waals surface area contributed by atoms with Crippen molar-refractivity contribution in [3.63, 3.8) is 0 Å². The second-order valence-corrected chi connectivity index (χ2v) is 3.45. The third kappa shape index (κ3) is 4.37. The van der Waals surface area contributed by atoms with Gasteiger partial charge in [-0.2, -0.15) is 4.98 Å². The molecule has 0 fully saturated rings. The number of nitrogens with zero attached hydrogens (tertiary/aromatic N) is 2. The first-order valence-electron chi connectivity index (χ1n) is 5.20. The molecule has 100 valence electrons. The molecule has 0 aliphatic rings. The maximum Gasteiger partial charge on any atom is 0.328 e. The Kier molecular flexibility index (Phi) is 5.06. The molecular formula is C9H14N4O5. The van der Waals surface area contributed by atoms with Gasteiger partial charge in [0, 0.05) is 19.9 Å². The fourth-order valence-electron chi connectivity index (χ4n) is 1.13. The lowest BCUT2D eigenvalue weighted by Gasteiger charge is -2.11. The first-order valence-corrected chi connectivity index (χ1v) is 5.20. The molecule has 0 radical (unpaired) electrons. The Labute approximate surface area is 102 Å². The Morgan fingerprint density at radius 1 is 1.50 bits per heavy atom. The molecule has 1 atom stereocenters. The summed E-state index contributed by atoms with van der Waals surface area (Å²) in [7, 11) is 0. The molecule has 0 aliphatic heterocycles. The maximum absolute atomic E-state index is 11.3. The number of nitrogens with one attached hydrogen (secondary N) is 2. The molecule has 2 amide bonds. The highest BCUT2D eigenvalue weighted by atomic mass is 16.5. The van der Waals surface area contributed by atoms with E-state index in [1.165, 1.54) is 0 Å². The first-order chi connectivity index (χ1) is 8.52. The van der Waals surface area contributed by atoms with Gasteiger partial charge in [-0.1, -0.05) is 5.16 Å². The van der Waals surface area contributed by atoms with Crippen LogP contribution in [0, 0.1) is 6.92 Å². The molecule has 0 spiro atoms. The van der Waals surface area contributed by atoms with Gasteiger partial charge < -0.3 is 25.4 Å². The van der Waals surface area contributed by atoms with Crippen LogP contribution in [0.25, 0.3) is 0 Å². The predicted molar refractivity (Wildman–Crippen MR) is 57.8 cm³/mol. The number of rotatable bonds is 6. The van der Waals surface area contributed by atoms with Crippen LogP contribution in [0.2, 0.25) is 0 Å². The van der Waals surface area contributed by atoms with Gasteiger partial charge >= 0.3 is 12.0 Å². The molecule has 1 aromatic heterocycles. The van der Waals surface area contributed by atoms with Gasteiger partial charge in [-0.3, -0.25) is 0 Å². The van der Waals surface area contributed by atoms with Crippen molar-refractivity contribution in [2.45, 2.75) is 19.4 Å². The second kappa shape index (κ2) is 6.55. The van der Waals surface area contributed by atoms with Crippen LogP contribution in [0.15, 0.2) is 4.52 Å². The number of hydrogen-bond acceptors (Lipinski definition) is 6. The average molecular weight is 258 g/mol. The number of aromatic nitrogens is 2. The van der Waals surface area contributed by atoms with Gasteiger partial charge in [-0.25, -0.2) is 9.59 Å². The Hall–Kier alpha value is -2.16. The van der Waals surface area contributed by atoms with Gasteiger partial charge in [0.15, 0.2) is 11.9 Å². The standard InChI is InChI=1S/C9H14N4O5/c1-5-11-7(13-18-5)2-3-10-9(17)12-6(4-14)8(15)16/h6,14H,2-4H2,1H3,(H,15,16)(H2,10,12,17). The summed E-state index contributed by atoms with van der Waals surface area (Å²) >= 11 is 0. The number of aliphatic hydroxyl groups is 1. The molecule has 1 unspecified atom stereocenters. The molecule has 4 N–H and O–H groups in total. The topological polar surface area (TPSA) is 138 Å². The van der Waals surface area contributed by atoms with Gasteiger partial charge in [0.1, 0.15) is 0 Å². The van der Waals surface area contributed by atoms with Crippen molar-refractivity contribution < 1.29 is 24.3 Å². The number of amides is 2. The smallest absolute Gasteiger partial charge is 0.328 e. The minimum atomic E-state index is -1.32. The van der Waals surface area contributed by atoms with Crippen LogP contribution in [-0.4, -0.2) is 51.5 Å². The van der Waals surface area contributed by atoms with E-state index in [4.69, 9.17) is 14.7 Å². The van der Waals surface area contributed by atoms with Crippen molar-refractivity contribution in [3.05, 3.63) is 11.7 Å². The molecule has 0 saturated heterocycles. The SMILES string of the molecule is Cc1nc(CCNC(=O)NC(CO)C(=O)O)no1. The highest BCUT2D eigenvalue weighted by Gasteiger charge is 2.18. The van der Waals surface area contributed by atoms with E-state index < -0.39 is 24.6 Å². The van der Waals surface area contributed by atoms with Gasteiger partial charge in [0.25, 0.3) is 0 Å². The first kappa shape index (κ1) is 13.9. The number of urea groups is 1. The van der Waals surface area contributed by atoms with E-state index >= 15 is 0 Å². The lowest BCUT2D eigenvalue weighted by molar-refractivity contribution is -0.140. The van der Waals surface area contributed by atoms with Gasteiger partial charge in [0.05, 0.1) is 6.61 Å². The Balaban J connectivity index is 2.26. The molecular weight excluding hydrogens is 244 g/mol. The molecule has 0 aliphatic carbocycles. The quantitative estimate of drug-likeness (QED) is 0.495. The van der Waals surface area contributed by atoms with E-state index in [1.807, 2.05) is 0 Å². The number of aliphatic carboxylic acids is 1. The highest BCUT2D eigenvalue weighted by Crippen LogP contribution is 1.94. The van der Waals surface area contributed by atoms with Crippen molar-refractivity contribution in [2.75, 3.05) is 13.2 Å². The minimum absolute atomic E-state index is 0.225. The normalized spacial score (nSPS) is 11.9. The lowest BCUT2D eigenvalue weighted by Crippen LogP contribution is -2.48. The fraction of sp³-hybridized carbons (Fsp3) is 0.556. The van der Waals surface area contributed by atoms with Crippen LogP contribution in [0.3, 0.4) is 0 Å². The zero-order valence-corrected chi connectivity index (χ0v) is 9.71. The number of carbonyl (C=O) groups excluding carboxylic acids is 1. The van der Waals surface area contributed by atoms with Crippen LogP contribution in [-0.2, 0) is 11.2 Å². The fourth-order valence-corrected chi connectivity index (χ4v) is 1.13. The van der Waals surface area contributed by atoms with Gasteiger partial charge in [-0.15, -0.1) is 0 Å². The van der Waals surface area contributed by atoms with Crippen LogP contribution in [0.1, 0.15) is 11.7 Å². The maximum atomic E-state index is 11.3. The van der Waals surface area contributed by atoms with E-state index in [2.05, 4.69) is 20.8 Å². The zero-order valence-electron chi connectivity index (χ0n) is 9.71. The van der Waals surface area contributed by atoms with E-state index in [0.29, 0.717) is 18.1 Å². The third-order valence-electron chi connectivity index (χ3n) is 1.99. The van der Waals surface area contributed by atoms with Crippen molar-refractivity contribution >= 4 is 12.0 Å². The zero-order chi connectivity index (χ0) is 13.5. The molecule has 1 rings (SSSR count). The molecule has 18 heavy (non-hydrogen) atoms.